The molecule has 0 spiro atoms. The lowest BCUT2D eigenvalue weighted by Crippen LogP contribution is -2.42. The largest absolute Gasteiger partial charge is 0.371 e. The summed E-state index contributed by atoms with van der Waals surface area (Å²) in [5.41, 5.74) is 0.817. The zero-order valence-electron chi connectivity index (χ0n) is 13.1. The number of hydrogen-bond donors (Lipinski definition) is 0. The van der Waals surface area contributed by atoms with Crippen LogP contribution in [0.1, 0.15) is 23.9 Å². The van der Waals surface area contributed by atoms with Crippen molar-refractivity contribution in [1.82, 2.24) is 13.9 Å². The zero-order valence-corrected chi connectivity index (χ0v) is 14.6. The summed E-state index contributed by atoms with van der Waals surface area (Å²) in [6, 6.07) is 7.39. The molecule has 2 aliphatic rings. The quantitative estimate of drug-likeness (QED) is 0.834. The number of benzene rings is 1. The number of nitrogens with zero attached hydrogens (tertiary/aromatic N) is 3. The first kappa shape index (κ1) is 16.1. The Morgan fingerprint density at radius 2 is 2.08 bits per heavy atom. The third-order valence-corrected chi connectivity index (χ3v) is 6.78. The Bertz CT molecular complexity index is 865. The van der Waals surface area contributed by atoms with Crippen LogP contribution in [0.3, 0.4) is 0 Å². The molecule has 0 bridgehead atoms. The third kappa shape index (κ3) is 2.65. The second-order valence-electron chi connectivity index (χ2n) is 6.01. The van der Waals surface area contributed by atoms with E-state index in [1.165, 1.54) is 10.5 Å². The topological polar surface area (TPSA) is 64.4 Å². The molecule has 24 heavy (non-hydrogen) atoms. The van der Waals surface area contributed by atoms with Gasteiger partial charge in [-0.15, -0.1) is 0 Å². The van der Waals surface area contributed by atoms with E-state index in [4.69, 9.17) is 16.3 Å². The molecular weight excluding hydrogens is 350 g/mol. The van der Waals surface area contributed by atoms with Crippen molar-refractivity contribution in [2.24, 2.45) is 0 Å². The van der Waals surface area contributed by atoms with Gasteiger partial charge in [-0.2, -0.15) is 4.31 Å². The van der Waals surface area contributed by atoms with Crippen LogP contribution in [0.4, 0.5) is 0 Å². The summed E-state index contributed by atoms with van der Waals surface area (Å²) in [7, 11) is -3.59. The van der Waals surface area contributed by atoms with Crippen molar-refractivity contribution >= 4 is 21.6 Å². The summed E-state index contributed by atoms with van der Waals surface area (Å²) in [6.07, 6.45) is 2.89. The Balaban J connectivity index is 1.63. The van der Waals surface area contributed by atoms with Gasteiger partial charge in [0.2, 0.25) is 0 Å². The number of aryl methyl sites for hydroxylation is 1. The highest BCUT2D eigenvalue weighted by Crippen LogP contribution is 2.31. The van der Waals surface area contributed by atoms with Gasteiger partial charge in [0.15, 0.2) is 5.03 Å². The maximum atomic E-state index is 13.0. The minimum absolute atomic E-state index is 0.257. The summed E-state index contributed by atoms with van der Waals surface area (Å²) >= 11 is 6.23. The maximum absolute atomic E-state index is 13.0. The first-order valence-electron chi connectivity index (χ1n) is 7.98. The van der Waals surface area contributed by atoms with Gasteiger partial charge in [0.1, 0.15) is 5.82 Å². The van der Waals surface area contributed by atoms with E-state index >= 15 is 0 Å². The Morgan fingerprint density at radius 3 is 2.92 bits per heavy atom. The van der Waals surface area contributed by atoms with Crippen LogP contribution in [-0.2, 0) is 27.7 Å². The van der Waals surface area contributed by atoms with Gasteiger partial charge >= 0.3 is 0 Å². The predicted octanol–water partition coefficient (Wildman–Crippen LogP) is 2.24. The molecule has 1 aromatic carbocycles. The fourth-order valence-corrected chi connectivity index (χ4v) is 5.17. The molecule has 0 saturated carbocycles. The van der Waals surface area contributed by atoms with Crippen LogP contribution < -0.4 is 0 Å². The number of aromatic nitrogens is 2. The molecule has 0 aliphatic carbocycles. The fourth-order valence-electron chi connectivity index (χ4n) is 3.34. The van der Waals surface area contributed by atoms with E-state index in [1.807, 2.05) is 22.8 Å². The molecule has 1 saturated heterocycles. The second kappa shape index (κ2) is 6.15. The number of rotatable bonds is 3. The first-order valence-corrected chi connectivity index (χ1v) is 9.80. The molecular formula is C16H18ClN3O3S. The smallest absolute Gasteiger partial charge is 0.260 e. The number of halogens is 1. The molecule has 2 aromatic rings. The molecule has 0 N–H and O–H groups in total. The highest BCUT2D eigenvalue weighted by atomic mass is 35.5. The minimum Gasteiger partial charge on any atom is -0.371 e. The Kier molecular flexibility index (Phi) is 4.12. The van der Waals surface area contributed by atoms with E-state index in [0.29, 0.717) is 24.7 Å². The summed E-state index contributed by atoms with van der Waals surface area (Å²) in [5, 5.41) is 0.877. The molecule has 3 heterocycles. The maximum Gasteiger partial charge on any atom is 0.260 e. The van der Waals surface area contributed by atoms with Crippen molar-refractivity contribution in [3.63, 3.8) is 0 Å². The highest BCUT2D eigenvalue weighted by Gasteiger charge is 2.35. The van der Waals surface area contributed by atoms with Gasteiger partial charge in [-0.1, -0.05) is 29.8 Å². The second-order valence-corrected chi connectivity index (χ2v) is 8.30. The van der Waals surface area contributed by atoms with Crippen LogP contribution in [0, 0.1) is 0 Å². The molecule has 6 nitrogen and oxygen atoms in total. The molecule has 1 fully saturated rings. The Hall–Kier alpha value is -1.41. The van der Waals surface area contributed by atoms with Gasteiger partial charge in [0.05, 0.1) is 18.9 Å². The monoisotopic (exact) mass is 367 g/mol. The molecule has 128 valence electrons. The molecule has 4 rings (SSSR count). The standard InChI is InChI=1S/C16H18ClN3O3S/c17-13-5-2-1-4-12(13)14-11-19(8-9-23-14)24(21,22)16-10-18-15-6-3-7-20(15)16/h1-2,4-5,10,14H,3,6-9,11H2. The fraction of sp³-hybridized carbons (Fsp3) is 0.438. The first-order chi connectivity index (χ1) is 11.6. The normalized spacial score (nSPS) is 21.8. The summed E-state index contributed by atoms with van der Waals surface area (Å²) < 4.78 is 35.2. The Labute approximate surface area is 146 Å². The number of sulfonamides is 1. The van der Waals surface area contributed by atoms with E-state index < -0.39 is 10.0 Å². The van der Waals surface area contributed by atoms with Crippen LogP contribution in [0.15, 0.2) is 35.5 Å². The molecule has 1 atom stereocenters. The zero-order chi connectivity index (χ0) is 16.7. The highest BCUT2D eigenvalue weighted by molar-refractivity contribution is 7.89. The number of hydrogen-bond acceptors (Lipinski definition) is 4. The van der Waals surface area contributed by atoms with Crippen molar-refractivity contribution < 1.29 is 13.2 Å². The van der Waals surface area contributed by atoms with E-state index in [1.54, 1.807) is 6.07 Å². The van der Waals surface area contributed by atoms with Crippen LogP contribution in [0.2, 0.25) is 5.02 Å². The van der Waals surface area contributed by atoms with Crippen LogP contribution >= 0.6 is 11.6 Å². The van der Waals surface area contributed by atoms with Gasteiger partial charge in [0, 0.05) is 36.6 Å². The van der Waals surface area contributed by atoms with Gasteiger partial charge in [-0.25, -0.2) is 13.4 Å². The summed E-state index contributed by atoms with van der Waals surface area (Å²) in [4.78, 5) is 4.25. The molecule has 1 unspecified atom stereocenters. The van der Waals surface area contributed by atoms with E-state index in [9.17, 15) is 8.42 Å². The summed E-state index contributed by atoms with van der Waals surface area (Å²) in [5.74, 6) is 0.851. The van der Waals surface area contributed by atoms with Crippen molar-refractivity contribution in [2.45, 2.75) is 30.5 Å². The van der Waals surface area contributed by atoms with Crippen molar-refractivity contribution in [3.05, 3.63) is 46.9 Å². The summed E-state index contributed by atoms with van der Waals surface area (Å²) in [6.45, 7) is 1.65. The lowest BCUT2D eigenvalue weighted by molar-refractivity contribution is -0.00262. The number of imidazole rings is 1. The predicted molar refractivity (Wildman–Crippen MR) is 89.5 cm³/mol. The van der Waals surface area contributed by atoms with Crippen LogP contribution in [-0.4, -0.2) is 42.0 Å². The van der Waals surface area contributed by atoms with Crippen molar-refractivity contribution in [1.29, 1.82) is 0 Å². The third-order valence-electron chi connectivity index (χ3n) is 4.57. The van der Waals surface area contributed by atoms with E-state index in [2.05, 4.69) is 4.98 Å². The lowest BCUT2D eigenvalue weighted by Gasteiger charge is -2.32. The molecule has 0 amide bonds. The number of fused-ring (bicyclic) bond motifs is 1. The number of morpholine rings is 1. The van der Waals surface area contributed by atoms with Crippen molar-refractivity contribution in [2.75, 3.05) is 19.7 Å². The van der Waals surface area contributed by atoms with Crippen LogP contribution in [0.5, 0.6) is 0 Å². The Morgan fingerprint density at radius 1 is 1.25 bits per heavy atom. The SMILES string of the molecule is O=S(=O)(c1cnc2n1CCC2)N1CCOC(c2ccccc2Cl)C1. The average molecular weight is 368 g/mol. The van der Waals surface area contributed by atoms with Crippen molar-refractivity contribution in [3.8, 4) is 0 Å². The van der Waals surface area contributed by atoms with Gasteiger partial charge in [-0.05, 0) is 12.5 Å². The molecule has 0 radical (unpaired) electrons. The van der Waals surface area contributed by atoms with Gasteiger partial charge in [-0.3, -0.25) is 0 Å². The molecule has 2 aliphatic heterocycles. The van der Waals surface area contributed by atoms with Crippen LogP contribution in [0.25, 0.3) is 0 Å². The van der Waals surface area contributed by atoms with Gasteiger partial charge in [0.25, 0.3) is 10.0 Å². The minimum atomic E-state index is -3.59. The van der Waals surface area contributed by atoms with E-state index in [0.717, 1.165) is 24.2 Å². The number of ether oxygens (including phenoxy) is 1. The average Bonchev–Trinajstić information content (AvgIpc) is 3.18. The van der Waals surface area contributed by atoms with E-state index in [-0.39, 0.29) is 17.7 Å². The van der Waals surface area contributed by atoms with Gasteiger partial charge < -0.3 is 9.30 Å². The molecule has 1 aromatic heterocycles. The lowest BCUT2D eigenvalue weighted by atomic mass is 10.1. The molecule has 8 heteroatoms.